The van der Waals surface area contributed by atoms with E-state index in [0.717, 1.165) is 44.2 Å². The Balaban J connectivity index is 1.46. The second-order valence-corrected chi connectivity index (χ2v) is 9.25. The molecule has 1 saturated heterocycles. The predicted octanol–water partition coefficient (Wildman–Crippen LogP) is 2.85. The fraction of sp³-hybridized carbons (Fsp3) is 0.429. The molecular formula is C21H28ClN3O4S. The van der Waals surface area contributed by atoms with Gasteiger partial charge in [-0.1, -0.05) is 11.6 Å². The van der Waals surface area contributed by atoms with Crippen molar-refractivity contribution in [2.24, 2.45) is 0 Å². The Labute approximate surface area is 183 Å². The van der Waals surface area contributed by atoms with E-state index in [0.29, 0.717) is 18.0 Å². The van der Waals surface area contributed by atoms with E-state index in [4.69, 9.17) is 21.1 Å². The van der Waals surface area contributed by atoms with Gasteiger partial charge in [-0.15, -0.1) is 0 Å². The summed E-state index contributed by atoms with van der Waals surface area (Å²) in [6.07, 6.45) is 0.729. The van der Waals surface area contributed by atoms with E-state index in [2.05, 4.69) is 14.5 Å². The number of hydrogen-bond acceptors (Lipinski definition) is 6. The molecule has 30 heavy (non-hydrogen) atoms. The van der Waals surface area contributed by atoms with Crippen LogP contribution in [0.4, 0.5) is 5.69 Å². The topological polar surface area (TPSA) is 71.1 Å². The number of halogens is 1. The summed E-state index contributed by atoms with van der Waals surface area (Å²) in [6.45, 7) is 4.97. The van der Waals surface area contributed by atoms with Crippen molar-refractivity contribution in [3.05, 3.63) is 47.5 Å². The molecule has 0 spiro atoms. The molecule has 7 nitrogen and oxygen atoms in total. The van der Waals surface area contributed by atoms with E-state index in [9.17, 15) is 8.42 Å². The van der Waals surface area contributed by atoms with Crippen LogP contribution in [0.2, 0.25) is 5.02 Å². The van der Waals surface area contributed by atoms with Crippen molar-refractivity contribution in [3.63, 3.8) is 0 Å². The molecule has 3 rings (SSSR count). The molecule has 0 atom stereocenters. The van der Waals surface area contributed by atoms with Crippen molar-refractivity contribution >= 4 is 27.3 Å². The summed E-state index contributed by atoms with van der Waals surface area (Å²) >= 11 is 5.96. The molecule has 0 unspecified atom stereocenters. The quantitative estimate of drug-likeness (QED) is 0.589. The molecule has 1 aliphatic heterocycles. The highest BCUT2D eigenvalue weighted by atomic mass is 35.5. The molecule has 1 heterocycles. The Kier molecular flexibility index (Phi) is 7.82. The number of anilines is 1. The molecule has 0 radical (unpaired) electrons. The van der Waals surface area contributed by atoms with Gasteiger partial charge in [-0.2, -0.15) is 0 Å². The second kappa shape index (κ2) is 10.3. The minimum absolute atomic E-state index is 0.0842. The normalized spacial score (nSPS) is 15.2. The minimum atomic E-state index is -3.68. The molecule has 164 valence electrons. The molecule has 9 heteroatoms. The predicted molar refractivity (Wildman–Crippen MR) is 119 cm³/mol. The third-order valence-electron chi connectivity index (χ3n) is 5.17. The summed E-state index contributed by atoms with van der Waals surface area (Å²) in [5, 5.41) is 0.742. The molecule has 0 aliphatic carbocycles. The van der Waals surface area contributed by atoms with E-state index in [-0.39, 0.29) is 4.90 Å². The highest BCUT2D eigenvalue weighted by Gasteiger charge is 2.21. The van der Waals surface area contributed by atoms with E-state index in [1.807, 2.05) is 24.3 Å². The van der Waals surface area contributed by atoms with Crippen LogP contribution in [0.5, 0.6) is 11.5 Å². The number of hydrogen-bond donors (Lipinski definition) is 1. The highest BCUT2D eigenvalue weighted by Crippen LogP contribution is 2.28. The van der Waals surface area contributed by atoms with E-state index < -0.39 is 10.0 Å². The Morgan fingerprint density at radius 2 is 1.70 bits per heavy atom. The number of nitrogens with zero attached hydrogens (tertiary/aromatic N) is 2. The van der Waals surface area contributed by atoms with Gasteiger partial charge in [0.2, 0.25) is 10.0 Å². The van der Waals surface area contributed by atoms with Crippen LogP contribution < -0.4 is 19.1 Å². The third-order valence-corrected chi connectivity index (χ3v) is 6.90. The van der Waals surface area contributed by atoms with Gasteiger partial charge in [0.05, 0.1) is 14.2 Å². The largest absolute Gasteiger partial charge is 0.497 e. The molecule has 2 aromatic carbocycles. The zero-order chi connectivity index (χ0) is 21.6. The van der Waals surface area contributed by atoms with Crippen LogP contribution in [0.1, 0.15) is 6.42 Å². The summed E-state index contributed by atoms with van der Waals surface area (Å²) < 4.78 is 38.4. The van der Waals surface area contributed by atoms with Gasteiger partial charge in [0, 0.05) is 49.5 Å². The first-order valence-corrected chi connectivity index (χ1v) is 11.7. The van der Waals surface area contributed by atoms with Crippen molar-refractivity contribution < 1.29 is 17.9 Å². The van der Waals surface area contributed by atoms with Crippen LogP contribution in [0, 0.1) is 0 Å². The molecule has 1 fully saturated rings. The van der Waals surface area contributed by atoms with Gasteiger partial charge in [0.1, 0.15) is 16.4 Å². The smallest absolute Gasteiger partial charge is 0.244 e. The first-order chi connectivity index (χ1) is 14.4. The molecule has 1 aliphatic rings. The van der Waals surface area contributed by atoms with Crippen LogP contribution >= 0.6 is 11.6 Å². The molecule has 0 bridgehead atoms. The van der Waals surface area contributed by atoms with Crippen LogP contribution in [-0.4, -0.2) is 66.8 Å². The summed E-state index contributed by atoms with van der Waals surface area (Å²) in [5.41, 5.74) is 1.18. The number of methoxy groups -OCH3 is 2. The maximum Gasteiger partial charge on any atom is 0.244 e. The van der Waals surface area contributed by atoms with Crippen molar-refractivity contribution in [3.8, 4) is 11.5 Å². The molecule has 0 saturated carbocycles. The van der Waals surface area contributed by atoms with Gasteiger partial charge in [0.15, 0.2) is 0 Å². The Morgan fingerprint density at radius 3 is 2.33 bits per heavy atom. The number of ether oxygens (including phenoxy) is 2. The summed E-state index contributed by atoms with van der Waals surface area (Å²) in [4.78, 5) is 4.78. The van der Waals surface area contributed by atoms with Crippen molar-refractivity contribution in [2.75, 3.05) is 58.4 Å². The van der Waals surface area contributed by atoms with Gasteiger partial charge < -0.3 is 14.4 Å². The SMILES string of the molecule is COc1ccc(OC)c(S(=O)(=O)NCCCN2CCN(c3ccc(Cl)cc3)CC2)c1. The third kappa shape index (κ3) is 5.78. The first-order valence-electron chi connectivity index (χ1n) is 9.87. The highest BCUT2D eigenvalue weighted by molar-refractivity contribution is 7.89. The lowest BCUT2D eigenvalue weighted by atomic mass is 10.2. The van der Waals surface area contributed by atoms with Gasteiger partial charge in [0.25, 0.3) is 0 Å². The van der Waals surface area contributed by atoms with E-state index in [1.165, 1.54) is 26.0 Å². The second-order valence-electron chi connectivity index (χ2n) is 7.07. The molecule has 0 aromatic heterocycles. The van der Waals surface area contributed by atoms with Gasteiger partial charge in [-0.3, -0.25) is 4.90 Å². The lowest BCUT2D eigenvalue weighted by molar-refractivity contribution is 0.255. The molecule has 1 N–H and O–H groups in total. The fourth-order valence-corrected chi connectivity index (χ4v) is 4.84. The Morgan fingerprint density at radius 1 is 1.00 bits per heavy atom. The van der Waals surface area contributed by atoms with Gasteiger partial charge in [-0.05, 0) is 49.4 Å². The number of benzene rings is 2. The van der Waals surface area contributed by atoms with Crippen LogP contribution in [0.3, 0.4) is 0 Å². The maximum absolute atomic E-state index is 12.7. The monoisotopic (exact) mass is 453 g/mol. The lowest BCUT2D eigenvalue weighted by Gasteiger charge is -2.36. The van der Waals surface area contributed by atoms with E-state index >= 15 is 0 Å². The van der Waals surface area contributed by atoms with Gasteiger partial charge in [-0.25, -0.2) is 13.1 Å². The van der Waals surface area contributed by atoms with Crippen LogP contribution in [-0.2, 0) is 10.0 Å². The first kappa shape index (κ1) is 22.7. The minimum Gasteiger partial charge on any atom is -0.497 e. The summed E-state index contributed by atoms with van der Waals surface area (Å²) in [5.74, 6) is 0.761. The van der Waals surface area contributed by atoms with Crippen molar-refractivity contribution in [1.82, 2.24) is 9.62 Å². The average Bonchev–Trinajstić information content (AvgIpc) is 2.77. The molecule has 2 aromatic rings. The van der Waals surface area contributed by atoms with Crippen molar-refractivity contribution in [1.29, 1.82) is 0 Å². The van der Waals surface area contributed by atoms with E-state index in [1.54, 1.807) is 12.1 Å². The zero-order valence-corrected chi connectivity index (χ0v) is 18.9. The molecular weight excluding hydrogens is 426 g/mol. The van der Waals surface area contributed by atoms with Crippen molar-refractivity contribution in [2.45, 2.75) is 11.3 Å². The fourth-order valence-electron chi connectivity index (χ4n) is 3.46. The number of nitrogens with one attached hydrogen (secondary N) is 1. The molecule has 0 amide bonds. The lowest BCUT2D eigenvalue weighted by Crippen LogP contribution is -2.47. The van der Waals surface area contributed by atoms with Crippen LogP contribution in [0.25, 0.3) is 0 Å². The standard InChI is InChI=1S/C21H28ClN3O4S/c1-28-19-8-9-20(29-2)21(16-19)30(26,27)23-10-3-11-24-12-14-25(15-13-24)18-6-4-17(22)5-7-18/h4-9,16,23H,3,10-15H2,1-2H3. The number of rotatable bonds is 9. The summed E-state index contributed by atoms with van der Waals surface area (Å²) in [6, 6.07) is 12.6. The van der Waals surface area contributed by atoms with Crippen LogP contribution in [0.15, 0.2) is 47.4 Å². The average molecular weight is 454 g/mol. The maximum atomic E-state index is 12.7. The zero-order valence-electron chi connectivity index (χ0n) is 17.3. The summed E-state index contributed by atoms with van der Waals surface area (Å²) in [7, 11) is -0.732. The number of sulfonamides is 1. The number of piperazine rings is 1. The Bertz CT molecular complexity index is 930. The Hall–Kier alpha value is -2.00. The van der Waals surface area contributed by atoms with Gasteiger partial charge >= 0.3 is 0 Å².